The van der Waals surface area contributed by atoms with Gasteiger partial charge in [-0.3, -0.25) is 9.69 Å². The van der Waals surface area contributed by atoms with E-state index in [9.17, 15) is 4.79 Å². The van der Waals surface area contributed by atoms with Gasteiger partial charge in [0.15, 0.2) is 0 Å². The van der Waals surface area contributed by atoms with Crippen molar-refractivity contribution in [3.63, 3.8) is 0 Å². The molecule has 0 spiro atoms. The second kappa shape index (κ2) is 7.11. The fourth-order valence-corrected chi connectivity index (χ4v) is 3.22. The minimum absolute atomic E-state index is 0.125. The third kappa shape index (κ3) is 3.54. The third-order valence-electron chi connectivity index (χ3n) is 4.27. The highest BCUT2D eigenvalue weighted by molar-refractivity contribution is 6.30. The van der Waals surface area contributed by atoms with Gasteiger partial charge in [-0.1, -0.05) is 35.9 Å². The zero-order valence-corrected chi connectivity index (χ0v) is 13.9. The van der Waals surface area contributed by atoms with E-state index in [1.165, 1.54) is 0 Å². The van der Waals surface area contributed by atoms with E-state index in [4.69, 9.17) is 11.6 Å². The number of nitrogens with zero attached hydrogens (tertiary/aromatic N) is 3. The van der Waals surface area contributed by atoms with Crippen molar-refractivity contribution >= 4 is 23.2 Å². The number of carbonyl (C=O) groups excluding carboxylic acids is 1. The molecular weight excluding hydrogens is 310 g/mol. The number of likely N-dealkylation sites (N-methyl/N-ethyl adjacent to an activating group) is 1. The molecular formula is C18H20ClN3O. The molecule has 1 unspecified atom stereocenters. The van der Waals surface area contributed by atoms with Gasteiger partial charge in [0.2, 0.25) is 5.91 Å². The average Bonchev–Trinajstić information content (AvgIpc) is 2.58. The number of hydrogen-bond donors (Lipinski definition) is 0. The Balaban J connectivity index is 1.74. The fraction of sp³-hybridized carbons (Fsp3) is 0.333. The number of para-hydroxylation sites is 1. The maximum atomic E-state index is 12.9. The number of anilines is 1. The number of amides is 1. The number of pyridine rings is 1. The van der Waals surface area contributed by atoms with E-state index in [2.05, 4.69) is 9.88 Å². The van der Waals surface area contributed by atoms with E-state index in [0.29, 0.717) is 11.7 Å². The molecule has 1 aromatic carbocycles. The number of carbonyl (C=O) groups is 1. The summed E-state index contributed by atoms with van der Waals surface area (Å²) in [5.74, 6) is 0.157. The number of benzene rings is 1. The van der Waals surface area contributed by atoms with Crippen LogP contribution in [-0.4, -0.2) is 35.4 Å². The first-order valence-corrected chi connectivity index (χ1v) is 8.20. The number of piperidine rings is 1. The van der Waals surface area contributed by atoms with E-state index >= 15 is 0 Å². The molecule has 0 radical (unpaired) electrons. The summed E-state index contributed by atoms with van der Waals surface area (Å²) in [5, 5.41) is 0.502. The summed E-state index contributed by atoms with van der Waals surface area (Å²) in [6, 6.07) is 13.6. The highest BCUT2D eigenvalue weighted by Gasteiger charge is 2.32. The van der Waals surface area contributed by atoms with E-state index in [1.807, 2.05) is 54.4 Å². The zero-order valence-electron chi connectivity index (χ0n) is 13.2. The van der Waals surface area contributed by atoms with Crippen molar-refractivity contribution < 1.29 is 4.79 Å². The van der Waals surface area contributed by atoms with Crippen LogP contribution in [-0.2, 0) is 11.3 Å². The van der Waals surface area contributed by atoms with Crippen molar-refractivity contribution in [2.24, 2.45) is 0 Å². The molecule has 4 nitrogen and oxygen atoms in total. The molecule has 1 aliphatic heterocycles. The molecule has 1 aliphatic rings. The van der Waals surface area contributed by atoms with Gasteiger partial charge in [-0.15, -0.1) is 0 Å². The maximum Gasteiger partial charge on any atom is 0.244 e. The summed E-state index contributed by atoms with van der Waals surface area (Å²) >= 11 is 6.14. The first kappa shape index (κ1) is 16.0. The highest BCUT2D eigenvalue weighted by atomic mass is 35.5. The van der Waals surface area contributed by atoms with Crippen LogP contribution in [0.25, 0.3) is 0 Å². The second-order valence-electron chi connectivity index (χ2n) is 5.85. The lowest BCUT2D eigenvalue weighted by Crippen LogP contribution is -2.51. The molecule has 2 aromatic rings. The van der Waals surface area contributed by atoms with Crippen LogP contribution in [0.5, 0.6) is 0 Å². The first-order chi connectivity index (χ1) is 11.2. The van der Waals surface area contributed by atoms with Crippen LogP contribution in [0, 0.1) is 0 Å². The monoisotopic (exact) mass is 329 g/mol. The molecule has 0 bridgehead atoms. The van der Waals surface area contributed by atoms with Gasteiger partial charge in [-0.05, 0) is 38.1 Å². The Labute approximate surface area is 141 Å². The summed E-state index contributed by atoms with van der Waals surface area (Å²) in [4.78, 5) is 20.9. The van der Waals surface area contributed by atoms with Gasteiger partial charge in [0.25, 0.3) is 0 Å². The van der Waals surface area contributed by atoms with Gasteiger partial charge < -0.3 is 4.90 Å². The van der Waals surface area contributed by atoms with E-state index < -0.39 is 0 Å². The summed E-state index contributed by atoms with van der Waals surface area (Å²) in [5.41, 5.74) is 1.91. The molecule has 120 valence electrons. The molecule has 1 fully saturated rings. The predicted octanol–water partition coefficient (Wildman–Crippen LogP) is 3.36. The van der Waals surface area contributed by atoms with Crippen molar-refractivity contribution in [2.75, 3.05) is 18.5 Å². The van der Waals surface area contributed by atoms with Gasteiger partial charge in [-0.25, -0.2) is 4.98 Å². The molecule has 0 aliphatic carbocycles. The topological polar surface area (TPSA) is 36.4 Å². The van der Waals surface area contributed by atoms with Crippen molar-refractivity contribution in [3.8, 4) is 0 Å². The molecule has 2 heterocycles. The zero-order chi connectivity index (χ0) is 16.2. The molecule has 0 N–H and O–H groups in total. The van der Waals surface area contributed by atoms with Crippen LogP contribution in [0.2, 0.25) is 5.15 Å². The van der Waals surface area contributed by atoms with Gasteiger partial charge in [0.1, 0.15) is 5.15 Å². The molecule has 1 amide bonds. The number of hydrogen-bond acceptors (Lipinski definition) is 3. The van der Waals surface area contributed by atoms with E-state index in [-0.39, 0.29) is 11.9 Å². The first-order valence-electron chi connectivity index (χ1n) is 7.83. The number of halogens is 1. The Morgan fingerprint density at radius 3 is 2.78 bits per heavy atom. The second-order valence-corrected chi connectivity index (χ2v) is 6.21. The van der Waals surface area contributed by atoms with Gasteiger partial charge in [0.05, 0.1) is 6.04 Å². The Morgan fingerprint density at radius 2 is 2.04 bits per heavy atom. The highest BCUT2D eigenvalue weighted by Crippen LogP contribution is 2.24. The molecule has 1 saturated heterocycles. The SMILES string of the molecule is CN(Cc1cccnc1Cl)C1CCCN(c2ccccc2)C1=O. The van der Waals surface area contributed by atoms with Crippen molar-refractivity contribution in [3.05, 3.63) is 59.4 Å². The molecule has 23 heavy (non-hydrogen) atoms. The van der Waals surface area contributed by atoms with Crippen LogP contribution in [0.4, 0.5) is 5.69 Å². The Bertz CT molecular complexity index is 677. The normalized spacial score (nSPS) is 18.5. The molecule has 0 saturated carbocycles. The van der Waals surface area contributed by atoms with Crippen LogP contribution >= 0.6 is 11.6 Å². The summed E-state index contributed by atoms with van der Waals surface area (Å²) < 4.78 is 0. The maximum absolute atomic E-state index is 12.9. The van der Waals surface area contributed by atoms with Gasteiger partial charge in [0, 0.05) is 30.5 Å². The largest absolute Gasteiger partial charge is 0.311 e. The smallest absolute Gasteiger partial charge is 0.244 e. The van der Waals surface area contributed by atoms with Gasteiger partial charge >= 0.3 is 0 Å². The van der Waals surface area contributed by atoms with Crippen LogP contribution in [0.1, 0.15) is 18.4 Å². The average molecular weight is 330 g/mol. The lowest BCUT2D eigenvalue weighted by Gasteiger charge is -2.37. The summed E-state index contributed by atoms with van der Waals surface area (Å²) in [6.07, 6.45) is 3.54. The quantitative estimate of drug-likeness (QED) is 0.807. The fourth-order valence-electron chi connectivity index (χ4n) is 3.05. The standard InChI is InChI=1S/C18H20ClN3O/c1-21(13-14-7-5-11-20-17(14)19)16-10-6-12-22(18(16)23)15-8-3-2-4-9-15/h2-5,7-9,11,16H,6,10,12-13H2,1H3. The Morgan fingerprint density at radius 1 is 1.26 bits per heavy atom. The summed E-state index contributed by atoms with van der Waals surface area (Å²) in [7, 11) is 1.97. The third-order valence-corrected chi connectivity index (χ3v) is 4.61. The van der Waals surface area contributed by atoms with Crippen LogP contribution < -0.4 is 4.90 Å². The van der Waals surface area contributed by atoms with Crippen molar-refractivity contribution in [2.45, 2.75) is 25.4 Å². The predicted molar refractivity (Wildman–Crippen MR) is 92.5 cm³/mol. The van der Waals surface area contributed by atoms with Crippen LogP contribution in [0.3, 0.4) is 0 Å². The minimum Gasteiger partial charge on any atom is -0.311 e. The Kier molecular flexibility index (Phi) is 4.94. The number of rotatable bonds is 4. The molecule has 1 atom stereocenters. The molecule has 5 heteroatoms. The lowest BCUT2D eigenvalue weighted by molar-refractivity contribution is -0.125. The van der Waals surface area contributed by atoms with E-state index in [0.717, 1.165) is 30.6 Å². The van der Waals surface area contributed by atoms with Crippen LogP contribution in [0.15, 0.2) is 48.7 Å². The lowest BCUT2D eigenvalue weighted by atomic mass is 10.0. The molecule has 3 rings (SSSR count). The van der Waals surface area contributed by atoms with Gasteiger partial charge in [-0.2, -0.15) is 0 Å². The van der Waals surface area contributed by atoms with E-state index in [1.54, 1.807) is 6.20 Å². The minimum atomic E-state index is -0.125. The van der Waals surface area contributed by atoms with Crippen molar-refractivity contribution in [1.82, 2.24) is 9.88 Å². The number of aromatic nitrogens is 1. The summed E-state index contributed by atoms with van der Waals surface area (Å²) in [6.45, 7) is 1.40. The van der Waals surface area contributed by atoms with Crippen molar-refractivity contribution in [1.29, 1.82) is 0 Å². The molecule has 1 aromatic heterocycles. The Hall–Kier alpha value is -1.91.